The Kier molecular flexibility index (Phi) is 3.51. The van der Waals surface area contributed by atoms with Crippen LogP contribution in [0, 0.1) is 5.41 Å². The van der Waals surface area contributed by atoms with Crippen molar-refractivity contribution >= 4 is 11.9 Å². The van der Waals surface area contributed by atoms with E-state index >= 15 is 0 Å². The van der Waals surface area contributed by atoms with E-state index in [1.807, 2.05) is 25.5 Å². The summed E-state index contributed by atoms with van der Waals surface area (Å²) in [5, 5.41) is 19.7. The van der Waals surface area contributed by atoms with Gasteiger partial charge in [0, 0.05) is 20.5 Å². The quantitative estimate of drug-likeness (QED) is 0.779. The molecule has 0 aliphatic rings. The lowest BCUT2D eigenvalue weighted by Crippen LogP contribution is -2.21. The summed E-state index contributed by atoms with van der Waals surface area (Å²) in [6, 6.07) is 0. The van der Waals surface area contributed by atoms with Crippen molar-refractivity contribution < 1.29 is 9.90 Å². The molecule has 0 bridgehead atoms. The van der Waals surface area contributed by atoms with Gasteiger partial charge in [0.1, 0.15) is 5.82 Å². The van der Waals surface area contributed by atoms with Gasteiger partial charge in [0.25, 0.3) is 0 Å². The van der Waals surface area contributed by atoms with Gasteiger partial charge in [0.05, 0.1) is 6.42 Å². The van der Waals surface area contributed by atoms with E-state index in [9.17, 15) is 4.79 Å². The third-order valence-corrected chi connectivity index (χ3v) is 2.46. The molecule has 1 aromatic heterocycles. The van der Waals surface area contributed by atoms with Gasteiger partial charge in [-0.15, -0.1) is 10.2 Å². The summed E-state index contributed by atoms with van der Waals surface area (Å²) in [7, 11) is 3.63. The van der Waals surface area contributed by atoms with Crippen molar-refractivity contribution in [3.63, 3.8) is 0 Å². The van der Waals surface area contributed by atoms with Crippen LogP contribution in [-0.2, 0) is 18.3 Å². The summed E-state index contributed by atoms with van der Waals surface area (Å²) in [6.45, 7) is 3.82. The highest BCUT2D eigenvalue weighted by Crippen LogP contribution is 2.25. The van der Waals surface area contributed by atoms with Crippen molar-refractivity contribution in [1.29, 1.82) is 0 Å². The van der Waals surface area contributed by atoms with Gasteiger partial charge < -0.3 is 15.0 Å². The first-order valence-electron chi connectivity index (χ1n) is 5.13. The molecule has 0 unspecified atom stereocenters. The maximum Gasteiger partial charge on any atom is 0.303 e. The molecule has 1 rings (SSSR count). The standard InChI is InChI=1S/C10H18N4O2/c1-10(2,6-8(15)16)5-7-12-13-9(11-3)14(7)4/h5-6H2,1-4H3,(H,11,13)(H,15,16). The van der Waals surface area contributed by atoms with E-state index in [0.717, 1.165) is 5.82 Å². The van der Waals surface area contributed by atoms with E-state index in [1.54, 1.807) is 7.05 Å². The second-order valence-electron chi connectivity index (χ2n) is 4.66. The summed E-state index contributed by atoms with van der Waals surface area (Å²) < 4.78 is 1.84. The number of aromatic nitrogens is 3. The van der Waals surface area contributed by atoms with Crippen molar-refractivity contribution in [3.05, 3.63) is 5.82 Å². The molecule has 0 amide bonds. The molecule has 0 aliphatic heterocycles. The van der Waals surface area contributed by atoms with Crippen molar-refractivity contribution in [2.45, 2.75) is 26.7 Å². The molecule has 0 saturated carbocycles. The number of nitrogens with one attached hydrogen (secondary N) is 1. The Hall–Kier alpha value is -1.59. The zero-order chi connectivity index (χ0) is 12.3. The zero-order valence-electron chi connectivity index (χ0n) is 10.1. The van der Waals surface area contributed by atoms with E-state index in [-0.39, 0.29) is 11.8 Å². The summed E-state index contributed by atoms with van der Waals surface area (Å²) in [6.07, 6.45) is 0.708. The average molecular weight is 226 g/mol. The van der Waals surface area contributed by atoms with Crippen LogP contribution in [0.3, 0.4) is 0 Å². The predicted molar refractivity (Wildman–Crippen MR) is 60.3 cm³/mol. The van der Waals surface area contributed by atoms with E-state index in [0.29, 0.717) is 12.4 Å². The van der Waals surface area contributed by atoms with Crippen molar-refractivity contribution in [1.82, 2.24) is 14.8 Å². The van der Waals surface area contributed by atoms with Crippen LogP contribution < -0.4 is 5.32 Å². The lowest BCUT2D eigenvalue weighted by Gasteiger charge is -2.21. The van der Waals surface area contributed by atoms with Gasteiger partial charge in [-0.1, -0.05) is 13.8 Å². The number of carboxylic acid groups (broad SMARTS) is 1. The fourth-order valence-electron chi connectivity index (χ4n) is 1.63. The Bertz CT molecular complexity index is 384. The fourth-order valence-corrected chi connectivity index (χ4v) is 1.63. The Morgan fingerprint density at radius 3 is 2.56 bits per heavy atom. The van der Waals surface area contributed by atoms with E-state index in [4.69, 9.17) is 5.11 Å². The average Bonchev–Trinajstić information content (AvgIpc) is 2.45. The minimum absolute atomic E-state index is 0.120. The number of carbonyl (C=O) groups is 1. The van der Waals surface area contributed by atoms with Crippen LogP contribution >= 0.6 is 0 Å². The molecule has 1 heterocycles. The zero-order valence-corrected chi connectivity index (χ0v) is 10.1. The van der Waals surface area contributed by atoms with Crippen molar-refractivity contribution in [2.75, 3.05) is 12.4 Å². The Morgan fingerprint density at radius 2 is 2.12 bits per heavy atom. The number of anilines is 1. The third kappa shape index (κ3) is 2.95. The molecule has 6 heteroatoms. The number of aliphatic carboxylic acids is 1. The highest BCUT2D eigenvalue weighted by Gasteiger charge is 2.25. The van der Waals surface area contributed by atoms with Crippen molar-refractivity contribution in [3.8, 4) is 0 Å². The van der Waals surface area contributed by atoms with Gasteiger partial charge >= 0.3 is 5.97 Å². The second-order valence-corrected chi connectivity index (χ2v) is 4.66. The first-order valence-corrected chi connectivity index (χ1v) is 5.13. The Morgan fingerprint density at radius 1 is 1.50 bits per heavy atom. The van der Waals surface area contributed by atoms with Gasteiger partial charge in [-0.2, -0.15) is 0 Å². The summed E-state index contributed by atoms with van der Waals surface area (Å²) >= 11 is 0. The molecule has 2 N–H and O–H groups in total. The van der Waals surface area contributed by atoms with Crippen LogP contribution in [0.2, 0.25) is 0 Å². The number of carboxylic acids is 1. The number of nitrogens with zero attached hydrogens (tertiary/aromatic N) is 3. The van der Waals surface area contributed by atoms with Crippen molar-refractivity contribution in [2.24, 2.45) is 12.5 Å². The lowest BCUT2D eigenvalue weighted by atomic mass is 9.85. The van der Waals surface area contributed by atoms with Crippen LogP contribution in [-0.4, -0.2) is 32.9 Å². The van der Waals surface area contributed by atoms with Crippen LogP contribution in [0.1, 0.15) is 26.1 Å². The number of hydrogen-bond donors (Lipinski definition) is 2. The maximum absolute atomic E-state index is 10.7. The van der Waals surface area contributed by atoms with Gasteiger partial charge in [-0.3, -0.25) is 4.79 Å². The number of rotatable bonds is 5. The molecule has 0 fully saturated rings. The monoisotopic (exact) mass is 226 g/mol. The van der Waals surface area contributed by atoms with E-state index in [1.165, 1.54) is 0 Å². The Balaban J connectivity index is 2.79. The summed E-state index contributed by atoms with van der Waals surface area (Å²) in [5.74, 6) is 0.678. The molecule has 1 aromatic rings. The minimum atomic E-state index is -0.791. The lowest BCUT2D eigenvalue weighted by molar-refractivity contribution is -0.139. The highest BCUT2D eigenvalue weighted by atomic mass is 16.4. The SMILES string of the molecule is CNc1nnc(CC(C)(C)CC(=O)O)n1C. The molecule has 16 heavy (non-hydrogen) atoms. The van der Waals surface area contributed by atoms with Gasteiger partial charge in [-0.05, 0) is 5.41 Å². The smallest absolute Gasteiger partial charge is 0.303 e. The Labute approximate surface area is 94.7 Å². The van der Waals surface area contributed by atoms with Crippen LogP contribution in [0.25, 0.3) is 0 Å². The number of hydrogen-bond acceptors (Lipinski definition) is 4. The van der Waals surface area contributed by atoms with Gasteiger partial charge in [0.2, 0.25) is 5.95 Å². The first kappa shape index (κ1) is 12.5. The van der Waals surface area contributed by atoms with Crippen LogP contribution in [0.15, 0.2) is 0 Å². The molecule has 6 nitrogen and oxygen atoms in total. The topological polar surface area (TPSA) is 80.0 Å². The van der Waals surface area contributed by atoms with Crippen LogP contribution in [0.4, 0.5) is 5.95 Å². The molecular weight excluding hydrogens is 208 g/mol. The summed E-state index contributed by atoms with van der Waals surface area (Å²) in [5.41, 5.74) is -0.322. The molecule has 0 radical (unpaired) electrons. The highest BCUT2D eigenvalue weighted by molar-refractivity contribution is 5.67. The maximum atomic E-state index is 10.7. The van der Waals surface area contributed by atoms with E-state index < -0.39 is 5.97 Å². The second kappa shape index (κ2) is 4.51. The molecular formula is C10H18N4O2. The molecule has 0 aromatic carbocycles. The summed E-state index contributed by atoms with van der Waals surface area (Å²) in [4.78, 5) is 10.7. The third-order valence-electron chi connectivity index (χ3n) is 2.46. The van der Waals surface area contributed by atoms with Gasteiger partial charge in [0.15, 0.2) is 0 Å². The molecule has 90 valence electrons. The molecule has 0 atom stereocenters. The van der Waals surface area contributed by atoms with E-state index in [2.05, 4.69) is 15.5 Å². The predicted octanol–water partition coefficient (Wildman–Crippen LogP) is 0.900. The minimum Gasteiger partial charge on any atom is -0.481 e. The molecule has 0 aliphatic carbocycles. The molecule has 0 saturated heterocycles. The normalized spacial score (nSPS) is 11.5. The van der Waals surface area contributed by atoms with Gasteiger partial charge in [-0.25, -0.2) is 0 Å². The fraction of sp³-hybridized carbons (Fsp3) is 0.700. The first-order chi connectivity index (χ1) is 7.35. The largest absolute Gasteiger partial charge is 0.481 e. The van der Waals surface area contributed by atoms with Crippen LogP contribution in [0.5, 0.6) is 0 Å². The molecule has 0 spiro atoms.